The lowest BCUT2D eigenvalue weighted by molar-refractivity contribution is 0.0691. The van der Waals surface area contributed by atoms with E-state index in [-0.39, 0.29) is 17.6 Å². The Hall–Kier alpha value is -3.02. The van der Waals surface area contributed by atoms with Crippen LogP contribution >= 0.6 is 0 Å². The molecule has 1 saturated heterocycles. The first kappa shape index (κ1) is 18.3. The highest BCUT2D eigenvalue weighted by molar-refractivity contribution is 5.92. The highest BCUT2D eigenvalue weighted by Gasteiger charge is 2.29. The average Bonchev–Trinajstić information content (AvgIpc) is 3.16. The smallest absolute Gasteiger partial charge is 0.272 e. The van der Waals surface area contributed by atoms with Crippen LogP contribution in [0.2, 0.25) is 0 Å². The van der Waals surface area contributed by atoms with E-state index >= 15 is 0 Å². The van der Waals surface area contributed by atoms with Gasteiger partial charge in [0.1, 0.15) is 17.3 Å². The normalized spacial score (nSPS) is 16.9. The summed E-state index contributed by atoms with van der Waals surface area (Å²) in [5.74, 6) is 1.08. The van der Waals surface area contributed by atoms with E-state index in [2.05, 4.69) is 9.97 Å². The molecule has 5 nitrogen and oxygen atoms in total. The summed E-state index contributed by atoms with van der Waals surface area (Å²) < 4.78 is 19.3. The van der Waals surface area contributed by atoms with Gasteiger partial charge in [0.05, 0.1) is 12.1 Å². The predicted octanol–water partition coefficient (Wildman–Crippen LogP) is 4.13. The van der Waals surface area contributed by atoms with Crippen molar-refractivity contribution in [3.63, 3.8) is 0 Å². The Labute approximate surface area is 163 Å². The monoisotopic (exact) mass is 379 g/mol. The lowest BCUT2D eigenvalue weighted by Gasteiger charge is -2.31. The van der Waals surface area contributed by atoms with E-state index < -0.39 is 0 Å². The van der Waals surface area contributed by atoms with Crippen molar-refractivity contribution in [2.24, 2.45) is 0 Å². The van der Waals surface area contributed by atoms with Gasteiger partial charge in [0.15, 0.2) is 5.89 Å². The van der Waals surface area contributed by atoms with Gasteiger partial charge in [0, 0.05) is 25.2 Å². The second-order valence-corrected chi connectivity index (χ2v) is 7.23. The third kappa shape index (κ3) is 4.11. The molecule has 6 heteroatoms. The SMILES string of the molecule is Cc1cccc(C(=O)N2CCC[C@H](c3ncc(Cc4cccc(F)c4)o3)C2)n1. The van der Waals surface area contributed by atoms with Crippen LogP contribution in [0, 0.1) is 12.7 Å². The Bertz CT molecular complexity index is 985. The molecule has 0 aliphatic carbocycles. The lowest BCUT2D eigenvalue weighted by Crippen LogP contribution is -2.39. The molecule has 0 N–H and O–H groups in total. The molecule has 3 heterocycles. The van der Waals surface area contributed by atoms with Gasteiger partial charge in [-0.2, -0.15) is 0 Å². The number of carbonyl (C=O) groups excluding carboxylic acids is 1. The van der Waals surface area contributed by atoms with E-state index in [1.165, 1.54) is 12.1 Å². The van der Waals surface area contributed by atoms with E-state index in [1.54, 1.807) is 18.3 Å². The van der Waals surface area contributed by atoms with E-state index in [4.69, 9.17) is 4.42 Å². The van der Waals surface area contributed by atoms with Gasteiger partial charge in [-0.3, -0.25) is 4.79 Å². The molecule has 4 rings (SSSR count). The molecule has 1 fully saturated rings. The lowest BCUT2D eigenvalue weighted by atomic mass is 9.97. The maximum atomic E-state index is 13.4. The van der Waals surface area contributed by atoms with Crippen molar-refractivity contribution in [2.45, 2.75) is 32.1 Å². The van der Waals surface area contributed by atoms with Gasteiger partial charge >= 0.3 is 0 Å². The summed E-state index contributed by atoms with van der Waals surface area (Å²) in [6.07, 6.45) is 4.01. The molecule has 3 aromatic rings. The minimum absolute atomic E-state index is 0.0556. The van der Waals surface area contributed by atoms with Crippen LogP contribution < -0.4 is 0 Å². The molecule has 2 aromatic heterocycles. The fourth-order valence-electron chi connectivity index (χ4n) is 3.63. The second-order valence-electron chi connectivity index (χ2n) is 7.23. The minimum atomic E-state index is -0.261. The van der Waals surface area contributed by atoms with Crippen LogP contribution in [0.3, 0.4) is 0 Å². The summed E-state index contributed by atoms with van der Waals surface area (Å²) in [6.45, 7) is 3.15. The molecule has 0 bridgehead atoms. The van der Waals surface area contributed by atoms with E-state index in [0.29, 0.717) is 36.9 Å². The number of aryl methyl sites for hydroxylation is 1. The zero-order valence-electron chi connectivity index (χ0n) is 15.8. The third-order valence-electron chi connectivity index (χ3n) is 5.00. The van der Waals surface area contributed by atoms with Gasteiger partial charge in [0.2, 0.25) is 0 Å². The number of oxazole rings is 1. The van der Waals surface area contributed by atoms with Crippen LogP contribution in [0.1, 0.15) is 52.2 Å². The van der Waals surface area contributed by atoms with Crippen LogP contribution in [-0.4, -0.2) is 33.9 Å². The zero-order valence-corrected chi connectivity index (χ0v) is 15.8. The van der Waals surface area contributed by atoms with Crippen LogP contribution in [0.4, 0.5) is 4.39 Å². The Morgan fingerprint density at radius 3 is 2.96 bits per heavy atom. The van der Waals surface area contributed by atoms with Gasteiger partial charge < -0.3 is 9.32 Å². The Balaban J connectivity index is 1.45. The summed E-state index contributed by atoms with van der Waals surface area (Å²) in [5, 5.41) is 0. The van der Waals surface area contributed by atoms with Crippen molar-refractivity contribution >= 4 is 5.91 Å². The van der Waals surface area contributed by atoms with Crippen LogP contribution in [-0.2, 0) is 6.42 Å². The molecule has 1 atom stereocenters. The van der Waals surface area contributed by atoms with E-state index in [9.17, 15) is 9.18 Å². The largest absolute Gasteiger partial charge is 0.445 e. The topological polar surface area (TPSA) is 59.2 Å². The van der Waals surface area contributed by atoms with Crippen molar-refractivity contribution in [1.82, 2.24) is 14.9 Å². The maximum absolute atomic E-state index is 13.4. The third-order valence-corrected chi connectivity index (χ3v) is 5.00. The second kappa shape index (κ2) is 7.92. The number of aromatic nitrogens is 2. The number of benzene rings is 1. The number of rotatable bonds is 4. The van der Waals surface area contributed by atoms with Gasteiger partial charge in [-0.15, -0.1) is 0 Å². The minimum Gasteiger partial charge on any atom is -0.445 e. The van der Waals surface area contributed by atoms with Gasteiger partial charge in [-0.25, -0.2) is 14.4 Å². The molecular weight excluding hydrogens is 357 g/mol. The quantitative estimate of drug-likeness (QED) is 0.684. The fourth-order valence-corrected chi connectivity index (χ4v) is 3.63. The molecule has 1 aliphatic rings. The molecule has 0 saturated carbocycles. The van der Waals surface area contributed by atoms with E-state index in [1.807, 2.05) is 30.0 Å². The first-order valence-corrected chi connectivity index (χ1v) is 9.50. The number of hydrogen-bond acceptors (Lipinski definition) is 4. The Morgan fingerprint density at radius 2 is 2.14 bits per heavy atom. The standard InChI is InChI=1S/C22H22FN3O2/c1-15-5-2-9-20(25-15)22(27)26-10-4-7-17(14-26)21-24-13-19(28-21)12-16-6-3-8-18(23)11-16/h2-3,5-6,8-9,11,13,17H,4,7,10,12,14H2,1H3/t17-/m0/s1. The Morgan fingerprint density at radius 1 is 1.29 bits per heavy atom. The van der Waals surface area contributed by atoms with Crippen LogP contribution in [0.15, 0.2) is 53.1 Å². The van der Waals surface area contributed by atoms with E-state index in [0.717, 1.165) is 24.1 Å². The number of nitrogens with zero attached hydrogens (tertiary/aromatic N) is 3. The average molecular weight is 379 g/mol. The fraction of sp³-hybridized carbons (Fsp3) is 0.318. The first-order valence-electron chi connectivity index (χ1n) is 9.50. The molecule has 28 heavy (non-hydrogen) atoms. The van der Waals surface area contributed by atoms with Gasteiger partial charge in [0.25, 0.3) is 5.91 Å². The first-order chi connectivity index (χ1) is 13.6. The molecule has 0 spiro atoms. The van der Waals surface area contributed by atoms with Crippen molar-refractivity contribution in [3.8, 4) is 0 Å². The van der Waals surface area contributed by atoms with Crippen LogP contribution in [0.5, 0.6) is 0 Å². The zero-order chi connectivity index (χ0) is 19.5. The summed E-state index contributed by atoms with van der Waals surface area (Å²) in [6, 6.07) is 11.9. The molecule has 1 amide bonds. The number of likely N-dealkylation sites (tertiary alicyclic amines) is 1. The number of piperidine rings is 1. The van der Waals surface area contributed by atoms with Crippen LogP contribution in [0.25, 0.3) is 0 Å². The summed E-state index contributed by atoms with van der Waals surface area (Å²) in [4.78, 5) is 23.4. The molecule has 1 aromatic carbocycles. The number of carbonyl (C=O) groups is 1. The molecular formula is C22H22FN3O2. The van der Waals surface area contributed by atoms with Crippen molar-refractivity contribution in [2.75, 3.05) is 13.1 Å². The summed E-state index contributed by atoms with van der Waals surface area (Å²) >= 11 is 0. The number of amides is 1. The maximum Gasteiger partial charge on any atom is 0.272 e. The summed E-state index contributed by atoms with van der Waals surface area (Å²) in [7, 11) is 0. The van der Waals surface area contributed by atoms with Gasteiger partial charge in [-0.1, -0.05) is 18.2 Å². The number of halogens is 1. The highest BCUT2D eigenvalue weighted by Crippen LogP contribution is 2.28. The van der Waals surface area contributed by atoms with Crippen molar-refractivity contribution in [1.29, 1.82) is 0 Å². The number of pyridine rings is 1. The predicted molar refractivity (Wildman–Crippen MR) is 103 cm³/mol. The molecule has 0 radical (unpaired) electrons. The Kier molecular flexibility index (Phi) is 5.19. The van der Waals surface area contributed by atoms with Gasteiger partial charge in [-0.05, 0) is 49.6 Å². The van der Waals surface area contributed by atoms with Crippen molar-refractivity contribution in [3.05, 3.63) is 83.1 Å². The summed E-state index contributed by atoms with van der Waals surface area (Å²) in [5.41, 5.74) is 2.14. The molecule has 0 unspecified atom stereocenters. The molecule has 144 valence electrons. The molecule has 1 aliphatic heterocycles. The number of hydrogen-bond donors (Lipinski definition) is 0. The highest BCUT2D eigenvalue weighted by atomic mass is 19.1. The van der Waals surface area contributed by atoms with Crippen molar-refractivity contribution < 1.29 is 13.6 Å².